The Morgan fingerprint density at radius 1 is 1.65 bits per heavy atom. The van der Waals surface area contributed by atoms with Gasteiger partial charge in [-0.2, -0.15) is 11.8 Å². The lowest BCUT2D eigenvalue weighted by Gasteiger charge is -2.10. The van der Waals surface area contributed by atoms with Crippen LogP contribution in [0.3, 0.4) is 0 Å². The van der Waals surface area contributed by atoms with Crippen LogP contribution >= 0.6 is 11.8 Å². The van der Waals surface area contributed by atoms with Gasteiger partial charge in [0.05, 0.1) is 0 Å². The SMILES string of the molecule is CSCC(C)C(=O)Nc1cc(CCO)ccn1. The average Bonchev–Trinajstić information content (AvgIpc) is 2.30. The molecule has 1 unspecified atom stereocenters. The molecular formula is C12H18N2O2S. The van der Waals surface area contributed by atoms with E-state index in [9.17, 15) is 4.79 Å². The maximum Gasteiger partial charge on any atom is 0.229 e. The van der Waals surface area contributed by atoms with Crippen LogP contribution < -0.4 is 5.32 Å². The van der Waals surface area contributed by atoms with Crippen molar-refractivity contribution in [3.63, 3.8) is 0 Å². The molecule has 1 aromatic rings. The fraction of sp³-hybridized carbons (Fsp3) is 0.500. The molecule has 1 aromatic heterocycles. The van der Waals surface area contributed by atoms with E-state index in [0.717, 1.165) is 11.3 Å². The van der Waals surface area contributed by atoms with E-state index in [1.54, 1.807) is 24.0 Å². The summed E-state index contributed by atoms with van der Waals surface area (Å²) in [5.41, 5.74) is 0.968. The molecule has 0 aromatic carbocycles. The van der Waals surface area contributed by atoms with E-state index < -0.39 is 0 Å². The van der Waals surface area contributed by atoms with Crippen molar-refractivity contribution in [2.45, 2.75) is 13.3 Å². The van der Waals surface area contributed by atoms with Gasteiger partial charge in [-0.15, -0.1) is 0 Å². The summed E-state index contributed by atoms with van der Waals surface area (Å²) in [6.45, 7) is 1.99. The quantitative estimate of drug-likeness (QED) is 0.808. The highest BCUT2D eigenvalue weighted by Crippen LogP contribution is 2.11. The number of rotatable bonds is 6. The number of aromatic nitrogens is 1. The van der Waals surface area contributed by atoms with Crippen LogP contribution in [0.4, 0.5) is 5.82 Å². The standard InChI is InChI=1S/C12H18N2O2S/c1-9(8-17-2)12(16)14-11-7-10(4-6-15)3-5-13-11/h3,5,7,9,15H,4,6,8H2,1-2H3,(H,13,14,16). The molecule has 0 radical (unpaired) electrons. The molecule has 0 aliphatic heterocycles. The first-order valence-electron chi connectivity index (χ1n) is 5.53. The first-order chi connectivity index (χ1) is 8.17. The molecular weight excluding hydrogens is 236 g/mol. The molecule has 5 heteroatoms. The number of anilines is 1. The molecule has 1 heterocycles. The molecule has 0 fully saturated rings. The maximum atomic E-state index is 11.8. The van der Waals surface area contributed by atoms with Gasteiger partial charge in [0.2, 0.25) is 5.91 Å². The highest BCUT2D eigenvalue weighted by molar-refractivity contribution is 7.98. The molecule has 1 amide bonds. The lowest BCUT2D eigenvalue weighted by Crippen LogP contribution is -2.22. The second-order valence-corrected chi connectivity index (χ2v) is 4.78. The number of carbonyl (C=O) groups is 1. The lowest BCUT2D eigenvalue weighted by atomic mass is 10.2. The van der Waals surface area contributed by atoms with Gasteiger partial charge < -0.3 is 10.4 Å². The van der Waals surface area contributed by atoms with E-state index in [4.69, 9.17) is 5.11 Å². The topological polar surface area (TPSA) is 62.2 Å². The number of aliphatic hydroxyl groups is 1. The number of amides is 1. The van der Waals surface area contributed by atoms with Crippen molar-refractivity contribution in [2.24, 2.45) is 5.92 Å². The summed E-state index contributed by atoms with van der Waals surface area (Å²) in [4.78, 5) is 15.8. The Balaban J connectivity index is 2.61. The third-order valence-electron chi connectivity index (χ3n) is 2.34. The summed E-state index contributed by atoms with van der Waals surface area (Å²) < 4.78 is 0. The molecule has 0 bridgehead atoms. The van der Waals surface area contributed by atoms with E-state index in [0.29, 0.717) is 12.2 Å². The number of aliphatic hydroxyl groups excluding tert-OH is 1. The summed E-state index contributed by atoms with van der Waals surface area (Å²) in [6, 6.07) is 3.62. The largest absolute Gasteiger partial charge is 0.396 e. The molecule has 1 rings (SSSR count). The van der Waals surface area contributed by atoms with Gasteiger partial charge in [0.1, 0.15) is 5.82 Å². The van der Waals surface area contributed by atoms with Crippen LogP contribution in [0, 0.1) is 5.92 Å². The van der Waals surface area contributed by atoms with Crippen molar-refractivity contribution in [3.05, 3.63) is 23.9 Å². The van der Waals surface area contributed by atoms with E-state index >= 15 is 0 Å². The molecule has 0 aliphatic carbocycles. The molecule has 0 saturated carbocycles. The Labute approximate surface area is 106 Å². The normalized spacial score (nSPS) is 12.2. The second-order valence-electron chi connectivity index (χ2n) is 3.87. The zero-order valence-corrected chi connectivity index (χ0v) is 11.0. The van der Waals surface area contributed by atoms with Crippen molar-refractivity contribution in [1.82, 2.24) is 4.98 Å². The first-order valence-corrected chi connectivity index (χ1v) is 6.92. The monoisotopic (exact) mass is 254 g/mol. The summed E-state index contributed by atoms with van der Waals surface area (Å²) in [5.74, 6) is 1.29. The molecule has 1 atom stereocenters. The number of hydrogen-bond donors (Lipinski definition) is 2. The molecule has 17 heavy (non-hydrogen) atoms. The van der Waals surface area contributed by atoms with E-state index in [-0.39, 0.29) is 18.4 Å². The van der Waals surface area contributed by atoms with Crippen molar-refractivity contribution in [2.75, 3.05) is 23.9 Å². The minimum absolute atomic E-state index is 0.0204. The highest BCUT2D eigenvalue weighted by Gasteiger charge is 2.12. The zero-order valence-electron chi connectivity index (χ0n) is 10.1. The molecule has 0 spiro atoms. The average molecular weight is 254 g/mol. The number of carbonyl (C=O) groups excluding carboxylic acids is 1. The predicted molar refractivity (Wildman–Crippen MR) is 71.2 cm³/mol. The minimum Gasteiger partial charge on any atom is -0.396 e. The van der Waals surface area contributed by atoms with Crippen molar-refractivity contribution in [1.29, 1.82) is 0 Å². The maximum absolute atomic E-state index is 11.8. The first kappa shape index (κ1) is 14.0. The second kappa shape index (κ2) is 7.29. The van der Waals surface area contributed by atoms with Crippen LogP contribution in [-0.2, 0) is 11.2 Å². The van der Waals surface area contributed by atoms with Crippen LogP contribution in [0.1, 0.15) is 12.5 Å². The zero-order chi connectivity index (χ0) is 12.7. The van der Waals surface area contributed by atoms with Gasteiger partial charge >= 0.3 is 0 Å². The minimum atomic E-state index is -0.0340. The van der Waals surface area contributed by atoms with Gasteiger partial charge in [0.15, 0.2) is 0 Å². The van der Waals surface area contributed by atoms with Gasteiger partial charge in [-0.1, -0.05) is 6.92 Å². The molecule has 94 valence electrons. The fourth-order valence-electron chi connectivity index (χ4n) is 1.40. The number of pyridine rings is 1. The Kier molecular flexibility index (Phi) is 6.00. The van der Waals surface area contributed by atoms with Crippen LogP contribution in [0.5, 0.6) is 0 Å². The van der Waals surface area contributed by atoms with Gasteiger partial charge in [-0.25, -0.2) is 4.98 Å². The van der Waals surface area contributed by atoms with E-state index in [1.807, 2.05) is 19.2 Å². The highest BCUT2D eigenvalue weighted by atomic mass is 32.2. The van der Waals surface area contributed by atoms with E-state index in [1.165, 1.54) is 0 Å². The van der Waals surface area contributed by atoms with Gasteiger partial charge in [0.25, 0.3) is 0 Å². The van der Waals surface area contributed by atoms with E-state index in [2.05, 4.69) is 10.3 Å². The Bertz CT molecular complexity index is 371. The predicted octanol–water partition coefficient (Wildman–Crippen LogP) is 1.55. The number of nitrogens with one attached hydrogen (secondary N) is 1. The molecule has 0 aliphatic rings. The van der Waals surface area contributed by atoms with Crippen LogP contribution in [0.2, 0.25) is 0 Å². The Hall–Kier alpha value is -1.07. The summed E-state index contributed by atoms with van der Waals surface area (Å²) >= 11 is 1.65. The third kappa shape index (κ3) is 4.75. The van der Waals surface area contributed by atoms with Crippen LogP contribution in [0.25, 0.3) is 0 Å². The molecule has 4 nitrogen and oxygen atoms in total. The Morgan fingerprint density at radius 3 is 3.06 bits per heavy atom. The number of nitrogens with zero attached hydrogens (tertiary/aromatic N) is 1. The van der Waals surface area contributed by atoms with Crippen LogP contribution in [-0.4, -0.2) is 34.6 Å². The number of hydrogen-bond acceptors (Lipinski definition) is 4. The third-order valence-corrected chi connectivity index (χ3v) is 3.17. The molecule has 0 saturated heterocycles. The van der Waals surface area contributed by atoms with Crippen molar-refractivity contribution in [3.8, 4) is 0 Å². The molecule has 2 N–H and O–H groups in total. The fourth-order valence-corrected chi connectivity index (χ4v) is 2.05. The smallest absolute Gasteiger partial charge is 0.229 e. The van der Waals surface area contributed by atoms with Crippen LogP contribution in [0.15, 0.2) is 18.3 Å². The summed E-state index contributed by atoms with van der Waals surface area (Å²) in [6.07, 6.45) is 4.19. The van der Waals surface area contributed by atoms with Crippen molar-refractivity contribution >= 4 is 23.5 Å². The Morgan fingerprint density at radius 2 is 2.41 bits per heavy atom. The van der Waals surface area contributed by atoms with Gasteiger partial charge in [0, 0.05) is 24.5 Å². The van der Waals surface area contributed by atoms with Gasteiger partial charge in [-0.05, 0) is 30.4 Å². The summed E-state index contributed by atoms with van der Waals surface area (Å²) in [7, 11) is 0. The summed E-state index contributed by atoms with van der Waals surface area (Å²) in [5, 5.41) is 11.6. The number of thioether (sulfide) groups is 1. The van der Waals surface area contributed by atoms with Gasteiger partial charge in [-0.3, -0.25) is 4.79 Å². The lowest BCUT2D eigenvalue weighted by molar-refractivity contribution is -0.118. The van der Waals surface area contributed by atoms with Crippen molar-refractivity contribution < 1.29 is 9.90 Å².